The van der Waals surface area contributed by atoms with E-state index in [-0.39, 0.29) is 36.0 Å². The molecule has 7 heavy (non-hydrogen) atoms. The third-order valence-corrected chi connectivity index (χ3v) is 0.246. The first-order chi connectivity index (χ1) is 2.77. The largest absolute Gasteiger partial charge is 1.00 e. The van der Waals surface area contributed by atoms with Gasteiger partial charge in [0, 0.05) is 6.42 Å². The Balaban J connectivity index is 0. The van der Waals surface area contributed by atoms with Gasteiger partial charge in [0.1, 0.15) is 0 Å². The number of hydrogen-bond acceptors (Lipinski definition) is 2. The van der Waals surface area contributed by atoms with E-state index in [9.17, 15) is 9.90 Å². The number of carboxylic acids is 1. The molecule has 0 aromatic heterocycles. The molecule has 0 radical (unpaired) electrons. The minimum absolute atomic E-state index is 0. The van der Waals surface area contributed by atoms with E-state index in [4.69, 9.17) is 0 Å². The number of terminal acetylenes is 1. The van der Waals surface area contributed by atoms with E-state index >= 15 is 0 Å². The van der Waals surface area contributed by atoms with Crippen molar-refractivity contribution in [2.45, 2.75) is 6.42 Å². The predicted octanol–water partition coefficient (Wildman–Crippen LogP) is -4.24. The van der Waals surface area contributed by atoms with Gasteiger partial charge in [0.25, 0.3) is 0 Å². The standard InChI is InChI=1S/C4H4O2.Na/c1-2-3-4(5)6;/h1H,3H2,(H,5,6);/q;+1/p-1. The molecule has 0 saturated carbocycles. The molecule has 2 nitrogen and oxygen atoms in total. The van der Waals surface area contributed by atoms with Gasteiger partial charge in [-0.05, 0) is 0 Å². The van der Waals surface area contributed by atoms with E-state index in [0.717, 1.165) is 0 Å². The zero-order chi connectivity index (χ0) is 4.99. The van der Waals surface area contributed by atoms with Crippen LogP contribution in [0.2, 0.25) is 0 Å². The SMILES string of the molecule is C#CCC(=O)[O-].[Na+]. The molecule has 0 amide bonds. The number of aliphatic carboxylic acids is 1. The Kier molecular flexibility index (Phi) is 8.70. The second kappa shape index (κ2) is 6.03. The van der Waals surface area contributed by atoms with Crippen LogP contribution in [0.15, 0.2) is 0 Å². The minimum atomic E-state index is -1.20. The fourth-order valence-corrected chi connectivity index (χ4v) is 0.0833. The molecule has 3 heteroatoms. The second-order valence-electron chi connectivity index (χ2n) is 0.753. The molecule has 0 aliphatic heterocycles. The molecule has 0 spiro atoms. The number of hydrogen-bond donors (Lipinski definition) is 0. The summed E-state index contributed by atoms with van der Waals surface area (Å²) in [5.74, 6) is 0.708. The topological polar surface area (TPSA) is 40.1 Å². The van der Waals surface area contributed by atoms with Crippen molar-refractivity contribution in [3.63, 3.8) is 0 Å². The predicted molar refractivity (Wildman–Crippen MR) is 18.5 cm³/mol. The maximum absolute atomic E-state index is 9.35. The summed E-state index contributed by atoms with van der Waals surface area (Å²) < 4.78 is 0. The van der Waals surface area contributed by atoms with Crippen LogP contribution in [-0.2, 0) is 4.79 Å². The fourth-order valence-electron chi connectivity index (χ4n) is 0.0833. The summed E-state index contributed by atoms with van der Waals surface area (Å²) in [7, 11) is 0. The monoisotopic (exact) mass is 106 g/mol. The average Bonchev–Trinajstić information content (AvgIpc) is 1.35. The Labute approximate surface area is 64.2 Å². The third-order valence-electron chi connectivity index (χ3n) is 0.246. The smallest absolute Gasteiger partial charge is 0.549 e. The first-order valence-electron chi connectivity index (χ1n) is 1.40. The molecule has 0 N–H and O–H groups in total. The Morgan fingerprint density at radius 3 is 2.29 bits per heavy atom. The van der Waals surface area contributed by atoms with E-state index in [2.05, 4.69) is 6.42 Å². The van der Waals surface area contributed by atoms with E-state index in [1.54, 1.807) is 0 Å². The minimum Gasteiger partial charge on any atom is -0.549 e. The maximum atomic E-state index is 9.35. The molecule has 0 fully saturated rings. The Hall–Kier alpha value is 0.0300. The van der Waals surface area contributed by atoms with Gasteiger partial charge in [-0.15, -0.1) is 12.3 Å². The van der Waals surface area contributed by atoms with Crippen LogP contribution in [0.25, 0.3) is 0 Å². The number of carbonyl (C=O) groups excluding carboxylic acids is 1. The number of carboxylic acid groups (broad SMARTS) is 1. The van der Waals surface area contributed by atoms with Crippen molar-refractivity contribution in [1.29, 1.82) is 0 Å². The van der Waals surface area contributed by atoms with E-state index < -0.39 is 5.97 Å². The normalized spacial score (nSPS) is 5.57. The van der Waals surface area contributed by atoms with Gasteiger partial charge >= 0.3 is 29.6 Å². The molecule has 0 saturated heterocycles. The molecular formula is C4H3NaO2. The van der Waals surface area contributed by atoms with E-state index in [0.29, 0.717) is 0 Å². The molecule has 0 aromatic rings. The first kappa shape index (κ1) is 10.1. The van der Waals surface area contributed by atoms with Gasteiger partial charge in [-0.25, -0.2) is 0 Å². The molecule has 0 bridgehead atoms. The number of carbonyl (C=O) groups is 1. The van der Waals surface area contributed by atoms with Crippen molar-refractivity contribution in [3.8, 4) is 12.3 Å². The molecule has 0 unspecified atom stereocenters. The van der Waals surface area contributed by atoms with Crippen LogP contribution in [0, 0.1) is 12.3 Å². The number of rotatable bonds is 1. The van der Waals surface area contributed by atoms with Crippen LogP contribution in [0.5, 0.6) is 0 Å². The van der Waals surface area contributed by atoms with E-state index in [1.165, 1.54) is 0 Å². The van der Waals surface area contributed by atoms with Gasteiger partial charge in [0.05, 0.1) is 5.97 Å². The van der Waals surface area contributed by atoms with Crippen molar-refractivity contribution < 1.29 is 39.5 Å². The molecule has 32 valence electrons. The summed E-state index contributed by atoms with van der Waals surface area (Å²) in [5, 5.41) is 9.35. The average molecular weight is 106 g/mol. The zero-order valence-corrected chi connectivity index (χ0v) is 6.10. The van der Waals surface area contributed by atoms with Gasteiger partial charge in [0.15, 0.2) is 0 Å². The van der Waals surface area contributed by atoms with Crippen LogP contribution in [0.4, 0.5) is 0 Å². The van der Waals surface area contributed by atoms with Crippen LogP contribution in [0.3, 0.4) is 0 Å². The quantitative estimate of drug-likeness (QED) is 0.251. The van der Waals surface area contributed by atoms with Crippen LogP contribution in [-0.4, -0.2) is 5.97 Å². The second-order valence-corrected chi connectivity index (χ2v) is 0.753. The summed E-state index contributed by atoms with van der Waals surface area (Å²) in [6.45, 7) is 0. The van der Waals surface area contributed by atoms with Gasteiger partial charge in [-0.1, -0.05) is 0 Å². The summed E-state index contributed by atoms with van der Waals surface area (Å²) in [6, 6.07) is 0. The maximum Gasteiger partial charge on any atom is 1.00 e. The van der Waals surface area contributed by atoms with Gasteiger partial charge in [0.2, 0.25) is 0 Å². The molecule has 0 aliphatic carbocycles. The molecule has 0 aliphatic rings. The van der Waals surface area contributed by atoms with Gasteiger partial charge in [-0.2, -0.15) is 0 Å². The summed E-state index contributed by atoms with van der Waals surface area (Å²) in [6.07, 6.45) is 4.27. The summed E-state index contributed by atoms with van der Waals surface area (Å²) >= 11 is 0. The zero-order valence-electron chi connectivity index (χ0n) is 4.10. The van der Waals surface area contributed by atoms with Crippen molar-refractivity contribution in [1.82, 2.24) is 0 Å². The molecule has 0 heterocycles. The molecule has 0 rings (SSSR count). The fraction of sp³-hybridized carbons (Fsp3) is 0.250. The Bertz CT molecular complexity index is 92.4. The van der Waals surface area contributed by atoms with E-state index in [1.807, 2.05) is 5.92 Å². The van der Waals surface area contributed by atoms with Crippen molar-refractivity contribution in [3.05, 3.63) is 0 Å². The van der Waals surface area contributed by atoms with Gasteiger partial charge in [-0.3, -0.25) is 0 Å². The molecule has 0 atom stereocenters. The van der Waals surface area contributed by atoms with Gasteiger partial charge < -0.3 is 9.90 Å². The molecular weight excluding hydrogens is 103 g/mol. The molecule has 0 aromatic carbocycles. The Morgan fingerprint density at radius 1 is 1.86 bits per heavy atom. The first-order valence-corrected chi connectivity index (χ1v) is 1.40. The summed E-state index contributed by atoms with van der Waals surface area (Å²) in [4.78, 5) is 9.35. The van der Waals surface area contributed by atoms with Crippen LogP contribution in [0.1, 0.15) is 6.42 Å². The van der Waals surface area contributed by atoms with Crippen LogP contribution < -0.4 is 34.7 Å². The summed E-state index contributed by atoms with van der Waals surface area (Å²) in [5.41, 5.74) is 0. The Morgan fingerprint density at radius 2 is 2.29 bits per heavy atom. The van der Waals surface area contributed by atoms with Crippen molar-refractivity contribution >= 4 is 5.97 Å². The van der Waals surface area contributed by atoms with Crippen LogP contribution >= 0.6 is 0 Å². The third kappa shape index (κ3) is 10.7. The van der Waals surface area contributed by atoms with Crippen molar-refractivity contribution in [2.24, 2.45) is 0 Å². The van der Waals surface area contributed by atoms with Crippen molar-refractivity contribution in [2.75, 3.05) is 0 Å².